The summed E-state index contributed by atoms with van der Waals surface area (Å²) >= 11 is 0. The van der Waals surface area contributed by atoms with Gasteiger partial charge in [-0.2, -0.15) is 0 Å². The molecule has 0 unspecified atom stereocenters. The topological polar surface area (TPSA) is 119 Å². The molecule has 0 radical (unpaired) electrons. The standard InChI is InChI=1S/C17H19N3O5/c1-10(16(23)19-17(18)24)25-15(22)9-14-13-6-4-3-5-12(13)7-8-20(14)11(2)21/h3-8,10,14H,9H2,1-2H3,(H3,18,19,23,24)/t10-,14+/m0/s1. The number of rotatable bonds is 4. The fourth-order valence-corrected chi connectivity index (χ4v) is 2.59. The lowest BCUT2D eigenvalue weighted by Crippen LogP contribution is -2.42. The summed E-state index contributed by atoms with van der Waals surface area (Å²) in [6.07, 6.45) is 2.10. The van der Waals surface area contributed by atoms with E-state index in [1.807, 2.05) is 29.6 Å². The Labute approximate surface area is 144 Å². The molecule has 2 atom stereocenters. The molecule has 8 nitrogen and oxygen atoms in total. The number of ether oxygens (including phenoxy) is 1. The molecule has 0 saturated carbocycles. The zero-order chi connectivity index (χ0) is 18.6. The highest BCUT2D eigenvalue weighted by molar-refractivity contribution is 5.96. The SMILES string of the molecule is CC(=O)N1C=Cc2ccccc2[C@H]1CC(=O)O[C@@H](C)C(=O)NC(N)=O. The molecule has 0 fully saturated rings. The molecule has 8 heteroatoms. The van der Waals surface area contributed by atoms with E-state index >= 15 is 0 Å². The van der Waals surface area contributed by atoms with E-state index in [0.29, 0.717) is 0 Å². The Bertz CT molecular complexity index is 744. The minimum absolute atomic E-state index is 0.130. The van der Waals surface area contributed by atoms with E-state index in [2.05, 4.69) is 0 Å². The fourth-order valence-electron chi connectivity index (χ4n) is 2.59. The lowest BCUT2D eigenvalue weighted by molar-refractivity contribution is -0.155. The molecule has 1 aliphatic heterocycles. The Morgan fingerprint density at radius 2 is 1.96 bits per heavy atom. The van der Waals surface area contributed by atoms with Gasteiger partial charge in [-0.05, 0) is 24.1 Å². The first-order valence-corrected chi connectivity index (χ1v) is 7.65. The van der Waals surface area contributed by atoms with Gasteiger partial charge in [0, 0.05) is 13.1 Å². The molecule has 1 aliphatic rings. The molecule has 0 spiro atoms. The van der Waals surface area contributed by atoms with Gasteiger partial charge in [0.05, 0.1) is 12.5 Å². The molecule has 1 aromatic carbocycles. The van der Waals surface area contributed by atoms with E-state index in [4.69, 9.17) is 10.5 Å². The Balaban J connectivity index is 2.12. The summed E-state index contributed by atoms with van der Waals surface area (Å²) < 4.78 is 5.04. The average Bonchev–Trinajstić information content (AvgIpc) is 2.54. The maximum Gasteiger partial charge on any atom is 0.318 e. The minimum atomic E-state index is -1.18. The van der Waals surface area contributed by atoms with Gasteiger partial charge in [0.15, 0.2) is 6.10 Å². The third-order valence-corrected chi connectivity index (χ3v) is 3.75. The van der Waals surface area contributed by atoms with E-state index < -0.39 is 30.1 Å². The second-order valence-corrected chi connectivity index (χ2v) is 5.58. The van der Waals surface area contributed by atoms with Gasteiger partial charge >= 0.3 is 12.0 Å². The maximum absolute atomic E-state index is 12.2. The fraction of sp³-hybridized carbons (Fsp3) is 0.294. The number of nitrogens with zero attached hydrogens (tertiary/aromatic N) is 1. The molecule has 4 amide bonds. The van der Waals surface area contributed by atoms with Crippen LogP contribution in [0.4, 0.5) is 4.79 Å². The summed E-state index contributed by atoms with van der Waals surface area (Å²) in [4.78, 5) is 47.8. The first-order valence-electron chi connectivity index (χ1n) is 7.65. The van der Waals surface area contributed by atoms with Gasteiger partial charge in [-0.1, -0.05) is 24.3 Å². The molecular formula is C17H19N3O5. The van der Waals surface area contributed by atoms with Crippen LogP contribution in [0.1, 0.15) is 37.4 Å². The Hall–Kier alpha value is -3.16. The molecule has 3 N–H and O–H groups in total. The highest BCUT2D eigenvalue weighted by Crippen LogP contribution is 2.33. The van der Waals surface area contributed by atoms with Crippen LogP contribution in [0.15, 0.2) is 30.5 Å². The summed E-state index contributed by atoms with van der Waals surface area (Å²) in [5.74, 6) is -1.70. The number of hydrogen-bond acceptors (Lipinski definition) is 5. The molecule has 25 heavy (non-hydrogen) atoms. The predicted octanol–water partition coefficient (Wildman–Crippen LogP) is 1.08. The van der Waals surface area contributed by atoms with Crippen LogP contribution in [0.3, 0.4) is 0 Å². The number of hydrogen-bond donors (Lipinski definition) is 2. The quantitative estimate of drug-likeness (QED) is 0.791. The largest absolute Gasteiger partial charge is 0.452 e. The number of imide groups is 1. The molecule has 0 aliphatic carbocycles. The van der Waals surface area contributed by atoms with Crippen LogP contribution in [-0.2, 0) is 19.1 Å². The number of urea groups is 1. The van der Waals surface area contributed by atoms with Gasteiger partial charge in [0.2, 0.25) is 5.91 Å². The first kappa shape index (κ1) is 18.2. The van der Waals surface area contributed by atoms with Crippen LogP contribution >= 0.6 is 0 Å². The number of esters is 1. The maximum atomic E-state index is 12.2. The molecule has 2 rings (SSSR count). The molecule has 1 aromatic rings. The van der Waals surface area contributed by atoms with E-state index in [-0.39, 0.29) is 12.3 Å². The average molecular weight is 345 g/mol. The molecular weight excluding hydrogens is 326 g/mol. The summed E-state index contributed by atoms with van der Waals surface area (Å²) in [5, 5.41) is 1.84. The van der Waals surface area contributed by atoms with Crippen molar-refractivity contribution in [3.05, 3.63) is 41.6 Å². The van der Waals surface area contributed by atoms with Crippen molar-refractivity contribution in [2.45, 2.75) is 32.4 Å². The number of nitrogens with one attached hydrogen (secondary N) is 1. The van der Waals surface area contributed by atoms with Gasteiger partial charge in [0.1, 0.15) is 0 Å². The Morgan fingerprint density at radius 3 is 2.60 bits per heavy atom. The highest BCUT2D eigenvalue weighted by Gasteiger charge is 2.30. The first-order chi connectivity index (χ1) is 11.8. The van der Waals surface area contributed by atoms with E-state index in [1.165, 1.54) is 18.7 Å². The molecule has 132 valence electrons. The molecule has 0 bridgehead atoms. The van der Waals surface area contributed by atoms with E-state index in [1.54, 1.807) is 12.3 Å². The second kappa shape index (κ2) is 7.61. The number of primary amides is 1. The van der Waals surface area contributed by atoms with Gasteiger partial charge in [-0.15, -0.1) is 0 Å². The number of fused-ring (bicyclic) bond motifs is 1. The van der Waals surface area contributed by atoms with Gasteiger partial charge in [-0.3, -0.25) is 19.7 Å². The summed E-state index contributed by atoms with van der Waals surface area (Å²) in [6, 6.07) is 5.83. The van der Waals surface area contributed by atoms with Crippen molar-refractivity contribution < 1.29 is 23.9 Å². The van der Waals surface area contributed by atoms with E-state index in [9.17, 15) is 19.2 Å². The second-order valence-electron chi connectivity index (χ2n) is 5.58. The van der Waals surface area contributed by atoms with Crippen molar-refractivity contribution in [1.82, 2.24) is 10.2 Å². The number of carbonyl (C=O) groups excluding carboxylic acids is 4. The van der Waals surface area contributed by atoms with Crippen LogP contribution in [0.5, 0.6) is 0 Å². The lowest BCUT2D eigenvalue weighted by atomic mass is 9.94. The monoisotopic (exact) mass is 345 g/mol. The van der Waals surface area contributed by atoms with Crippen molar-refractivity contribution in [1.29, 1.82) is 0 Å². The Morgan fingerprint density at radius 1 is 1.28 bits per heavy atom. The predicted molar refractivity (Wildman–Crippen MR) is 88.6 cm³/mol. The van der Waals surface area contributed by atoms with Crippen molar-refractivity contribution in [2.75, 3.05) is 0 Å². The van der Waals surface area contributed by atoms with Crippen molar-refractivity contribution >= 4 is 29.9 Å². The number of nitrogens with two attached hydrogens (primary N) is 1. The van der Waals surface area contributed by atoms with Gasteiger partial charge in [-0.25, -0.2) is 4.79 Å². The van der Waals surface area contributed by atoms with Crippen LogP contribution in [-0.4, -0.2) is 34.8 Å². The summed E-state index contributed by atoms with van der Waals surface area (Å²) in [7, 11) is 0. The van der Waals surface area contributed by atoms with E-state index in [0.717, 1.165) is 11.1 Å². The zero-order valence-electron chi connectivity index (χ0n) is 13.9. The number of carbonyl (C=O) groups is 4. The third-order valence-electron chi connectivity index (χ3n) is 3.75. The third kappa shape index (κ3) is 4.43. The normalized spacial score (nSPS) is 16.6. The highest BCUT2D eigenvalue weighted by atomic mass is 16.5. The summed E-state index contributed by atoms with van der Waals surface area (Å²) in [6.45, 7) is 2.73. The molecule has 0 saturated heterocycles. The lowest BCUT2D eigenvalue weighted by Gasteiger charge is -2.32. The minimum Gasteiger partial charge on any atom is -0.452 e. The van der Waals surface area contributed by atoms with Crippen molar-refractivity contribution in [3.63, 3.8) is 0 Å². The smallest absolute Gasteiger partial charge is 0.318 e. The number of amides is 4. The summed E-state index contributed by atoms with van der Waals surface area (Å²) in [5.41, 5.74) is 6.56. The van der Waals surface area contributed by atoms with Crippen LogP contribution in [0, 0.1) is 0 Å². The number of benzene rings is 1. The van der Waals surface area contributed by atoms with Gasteiger partial charge < -0.3 is 15.4 Å². The van der Waals surface area contributed by atoms with Gasteiger partial charge in [0.25, 0.3) is 5.91 Å². The van der Waals surface area contributed by atoms with Crippen molar-refractivity contribution in [3.8, 4) is 0 Å². The molecule has 1 heterocycles. The van der Waals surface area contributed by atoms with Crippen molar-refractivity contribution in [2.24, 2.45) is 5.73 Å². The van der Waals surface area contributed by atoms with Crippen LogP contribution in [0.25, 0.3) is 6.08 Å². The molecule has 0 aromatic heterocycles. The van der Waals surface area contributed by atoms with Crippen LogP contribution < -0.4 is 11.1 Å². The zero-order valence-corrected chi connectivity index (χ0v) is 13.9. The Kier molecular flexibility index (Phi) is 5.53. The van der Waals surface area contributed by atoms with Crippen LogP contribution in [0.2, 0.25) is 0 Å².